The zero-order valence-electron chi connectivity index (χ0n) is 17.8. The molecule has 0 aromatic heterocycles. The van der Waals surface area contributed by atoms with Gasteiger partial charge in [0.15, 0.2) is 5.17 Å². The number of nitrogens with one attached hydrogen (secondary N) is 1. The second-order valence-electron chi connectivity index (χ2n) is 6.87. The molecule has 32 heavy (non-hydrogen) atoms. The van der Waals surface area contributed by atoms with E-state index in [9.17, 15) is 14.7 Å². The molecule has 3 aromatic rings. The molecule has 3 aromatic carbocycles. The van der Waals surface area contributed by atoms with Gasteiger partial charge in [0, 0.05) is 18.0 Å². The van der Waals surface area contributed by atoms with E-state index >= 15 is 0 Å². The van der Waals surface area contributed by atoms with E-state index in [0.29, 0.717) is 27.9 Å². The minimum Gasteiger partial charge on any atom is -0.550 e. The van der Waals surface area contributed by atoms with Crippen LogP contribution in [0.15, 0.2) is 70.6 Å². The Balaban J connectivity index is 0.00000289. The normalized spacial score (nSPS) is 15.6. The molecular formula is C24H19N2NaO4S. The van der Waals surface area contributed by atoms with E-state index in [2.05, 4.69) is 10.3 Å². The number of aliphatic carboxylic acids is 1. The Morgan fingerprint density at radius 3 is 2.47 bits per heavy atom. The molecule has 1 aliphatic heterocycles. The summed E-state index contributed by atoms with van der Waals surface area (Å²) >= 11 is 1.25. The summed E-state index contributed by atoms with van der Waals surface area (Å²) < 4.78 is 5.79. The zero-order chi connectivity index (χ0) is 21.8. The summed E-state index contributed by atoms with van der Waals surface area (Å²) in [6, 6.07) is 18.7. The summed E-state index contributed by atoms with van der Waals surface area (Å²) in [5.41, 5.74) is 2.07. The van der Waals surface area contributed by atoms with Gasteiger partial charge in [-0.15, -0.1) is 0 Å². The van der Waals surface area contributed by atoms with Gasteiger partial charge in [-0.2, -0.15) is 0 Å². The molecule has 0 saturated carbocycles. The van der Waals surface area contributed by atoms with Crippen molar-refractivity contribution in [2.24, 2.45) is 4.99 Å². The summed E-state index contributed by atoms with van der Waals surface area (Å²) in [5.74, 6) is -0.642. The molecule has 0 radical (unpaired) electrons. The summed E-state index contributed by atoms with van der Waals surface area (Å²) in [7, 11) is 0. The molecule has 1 aliphatic rings. The van der Waals surface area contributed by atoms with Gasteiger partial charge < -0.3 is 20.0 Å². The molecule has 0 atom stereocenters. The van der Waals surface area contributed by atoms with Crippen LogP contribution in [0.1, 0.15) is 18.1 Å². The van der Waals surface area contributed by atoms with Gasteiger partial charge >= 0.3 is 29.6 Å². The van der Waals surface area contributed by atoms with Gasteiger partial charge in [0.05, 0.1) is 17.2 Å². The van der Waals surface area contributed by atoms with Gasteiger partial charge in [-0.05, 0) is 65.4 Å². The number of rotatable bonds is 6. The maximum absolute atomic E-state index is 12.5. The fourth-order valence-electron chi connectivity index (χ4n) is 3.22. The van der Waals surface area contributed by atoms with Crippen LogP contribution in [0.25, 0.3) is 16.8 Å². The molecule has 1 heterocycles. The van der Waals surface area contributed by atoms with E-state index in [1.807, 2.05) is 49.4 Å². The monoisotopic (exact) mass is 454 g/mol. The summed E-state index contributed by atoms with van der Waals surface area (Å²) in [4.78, 5) is 28.1. The molecular weight excluding hydrogens is 435 g/mol. The number of hydrogen-bond donors (Lipinski definition) is 1. The van der Waals surface area contributed by atoms with Crippen molar-refractivity contribution < 1.29 is 49.0 Å². The third kappa shape index (κ3) is 5.81. The molecule has 1 N–H and O–H groups in total. The molecule has 0 unspecified atom stereocenters. The van der Waals surface area contributed by atoms with Crippen molar-refractivity contribution in [2.45, 2.75) is 13.3 Å². The van der Waals surface area contributed by atoms with Crippen molar-refractivity contribution in [3.63, 3.8) is 0 Å². The third-order valence-electron chi connectivity index (χ3n) is 4.63. The van der Waals surface area contributed by atoms with Crippen LogP contribution >= 0.6 is 11.8 Å². The first-order valence-corrected chi connectivity index (χ1v) is 10.6. The van der Waals surface area contributed by atoms with Crippen LogP contribution in [0.3, 0.4) is 0 Å². The number of amidine groups is 1. The second kappa shape index (κ2) is 10.8. The Bertz CT molecular complexity index is 1220. The van der Waals surface area contributed by atoms with Crippen molar-refractivity contribution in [1.29, 1.82) is 0 Å². The first-order chi connectivity index (χ1) is 15.0. The van der Waals surface area contributed by atoms with E-state index in [0.717, 1.165) is 22.1 Å². The number of carboxylic acids is 1. The van der Waals surface area contributed by atoms with E-state index < -0.39 is 5.97 Å². The van der Waals surface area contributed by atoms with Crippen LogP contribution in [-0.4, -0.2) is 23.7 Å². The Hall–Kier alpha value is -2.58. The van der Waals surface area contributed by atoms with Crippen LogP contribution in [0.2, 0.25) is 0 Å². The largest absolute Gasteiger partial charge is 1.00 e. The van der Waals surface area contributed by atoms with Gasteiger partial charge in [-0.3, -0.25) is 4.79 Å². The molecule has 156 valence electrons. The minimum atomic E-state index is -1.13. The van der Waals surface area contributed by atoms with Gasteiger partial charge in [0.1, 0.15) is 5.75 Å². The fraction of sp³-hybridized carbons (Fsp3) is 0.125. The maximum Gasteiger partial charge on any atom is 1.00 e. The summed E-state index contributed by atoms with van der Waals surface area (Å²) in [6.45, 7) is 2.45. The first-order valence-electron chi connectivity index (χ1n) is 9.76. The second-order valence-corrected chi connectivity index (χ2v) is 7.90. The average molecular weight is 454 g/mol. The number of nitrogens with zero attached hydrogens (tertiary/aromatic N) is 1. The van der Waals surface area contributed by atoms with Crippen molar-refractivity contribution in [3.05, 3.63) is 76.7 Å². The number of amides is 1. The fourth-order valence-corrected chi connectivity index (χ4v) is 4.06. The van der Waals surface area contributed by atoms with Crippen LogP contribution in [0, 0.1) is 0 Å². The molecule has 0 aliphatic carbocycles. The molecule has 0 spiro atoms. The van der Waals surface area contributed by atoms with Crippen molar-refractivity contribution in [1.82, 2.24) is 5.32 Å². The number of hydrogen-bond acceptors (Lipinski definition) is 6. The number of thioether (sulfide) groups is 1. The molecule has 1 amide bonds. The number of benzene rings is 3. The quantitative estimate of drug-likeness (QED) is 0.431. The van der Waals surface area contributed by atoms with E-state index in [1.54, 1.807) is 24.3 Å². The van der Waals surface area contributed by atoms with E-state index in [1.165, 1.54) is 11.8 Å². The van der Waals surface area contributed by atoms with E-state index in [4.69, 9.17) is 4.74 Å². The summed E-state index contributed by atoms with van der Waals surface area (Å²) in [6.07, 6.45) is 1.66. The smallest absolute Gasteiger partial charge is 0.550 e. The minimum absolute atomic E-state index is 0. The van der Waals surface area contributed by atoms with Crippen LogP contribution in [-0.2, 0) is 16.0 Å². The maximum atomic E-state index is 12.5. The van der Waals surface area contributed by atoms with Gasteiger partial charge in [-0.1, -0.05) is 36.4 Å². The number of carbonyl (C=O) groups is 2. The van der Waals surface area contributed by atoms with Gasteiger partial charge in [0.2, 0.25) is 0 Å². The molecule has 1 saturated heterocycles. The van der Waals surface area contributed by atoms with E-state index in [-0.39, 0.29) is 41.9 Å². The molecule has 1 fully saturated rings. The zero-order valence-corrected chi connectivity index (χ0v) is 20.6. The van der Waals surface area contributed by atoms with Crippen LogP contribution < -0.4 is 44.7 Å². The molecule has 6 nitrogen and oxygen atoms in total. The predicted molar refractivity (Wildman–Crippen MR) is 121 cm³/mol. The molecule has 0 bridgehead atoms. The molecule has 8 heteroatoms. The van der Waals surface area contributed by atoms with Crippen LogP contribution in [0.4, 0.5) is 5.69 Å². The van der Waals surface area contributed by atoms with Crippen molar-refractivity contribution in [3.8, 4) is 5.75 Å². The number of carboxylic acid groups (broad SMARTS) is 1. The molecule has 4 rings (SSSR count). The van der Waals surface area contributed by atoms with Crippen LogP contribution in [0.5, 0.6) is 5.75 Å². The Labute approximate surface area is 212 Å². The SMILES string of the molecule is CCOc1cc2ccccc2cc1C=C1SC(=Nc2ccc(CC(=O)[O-])cc2)NC1=O.[Na+]. The average Bonchev–Trinajstić information content (AvgIpc) is 3.08. The number of ether oxygens (including phenoxy) is 1. The van der Waals surface area contributed by atoms with Crippen molar-refractivity contribution in [2.75, 3.05) is 6.61 Å². The number of aliphatic imine (C=N–C) groups is 1. The Morgan fingerprint density at radius 1 is 1.12 bits per heavy atom. The van der Waals surface area contributed by atoms with Crippen molar-refractivity contribution >= 4 is 51.3 Å². The standard InChI is InChI=1S/C24H20N2O4S.Na/c1-2-30-20-13-17-6-4-3-5-16(17)12-18(20)14-21-23(29)26-24(31-21)25-19-9-7-15(8-10-19)11-22(27)28;/h3-10,12-14H,2,11H2,1H3,(H,27,28)(H,25,26,29);/q;+1/p-1. The summed E-state index contributed by atoms with van der Waals surface area (Å²) in [5, 5.41) is 16.0. The number of fused-ring (bicyclic) bond motifs is 1. The third-order valence-corrected chi connectivity index (χ3v) is 5.54. The Morgan fingerprint density at radius 2 is 1.81 bits per heavy atom. The first kappa shape index (κ1) is 24.1. The van der Waals surface area contributed by atoms with Gasteiger partial charge in [-0.25, -0.2) is 4.99 Å². The predicted octanol–water partition coefficient (Wildman–Crippen LogP) is 0.426. The Kier molecular flexibility index (Phi) is 8.15. The topological polar surface area (TPSA) is 90.8 Å². The number of carbonyl (C=O) groups excluding carboxylic acids is 2. The van der Waals surface area contributed by atoms with Gasteiger partial charge in [0.25, 0.3) is 5.91 Å².